The molecule has 1 fully saturated rings. The molecule has 1 aliphatic rings. The van der Waals surface area contributed by atoms with Crippen LogP contribution < -0.4 is 5.73 Å². The highest BCUT2D eigenvalue weighted by Crippen LogP contribution is 2.24. The van der Waals surface area contributed by atoms with E-state index in [9.17, 15) is 5.11 Å². The molecule has 3 nitrogen and oxygen atoms in total. The van der Waals surface area contributed by atoms with Crippen molar-refractivity contribution in [3.05, 3.63) is 0 Å². The first kappa shape index (κ1) is 11.0. The van der Waals surface area contributed by atoms with Gasteiger partial charge in [0.1, 0.15) is 0 Å². The summed E-state index contributed by atoms with van der Waals surface area (Å²) < 4.78 is 0. The zero-order valence-electron chi connectivity index (χ0n) is 8.79. The Labute approximate surface area is 80.9 Å². The van der Waals surface area contributed by atoms with E-state index < -0.39 is 0 Å². The Bertz CT molecular complexity index is 159. The van der Waals surface area contributed by atoms with E-state index in [-0.39, 0.29) is 12.1 Å². The van der Waals surface area contributed by atoms with Crippen LogP contribution in [0.25, 0.3) is 0 Å². The number of aliphatic hydroxyl groups excluding tert-OH is 1. The second kappa shape index (κ2) is 4.40. The fourth-order valence-corrected chi connectivity index (χ4v) is 2.10. The van der Waals surface area contributed by atoms with Gasteiger partial charge in [-0.05, 0) is 33.2 Å². The van der Waals surface area contributed by atoms with Gasteiger partial charge >= 0.3 is 0 Å². The van der Waals surface area contributed by atoms with Gasteiger partial charge in [-0.2, -0.15) is 0 Å². The number of hydrogen-bond acceptors (Lipinski definition) is 3. The summed E-state index contributed by atoms with van der Waals surface area (Å²) in [6, 6.07) is 0.326. The Morgan fingerprint density at radius 1 is 1.46 bits per heavy atom. The van der Waals surface area contributed by atoms with E-state index >= 15 is 0 Å². The molecule has 3 heteroatoms. The summed E-state index contributed by atoms with van der Waals surface area (Å²) in [5.74, 6) is 0. The van der Waals surface area contributed by atoms with E-state index in [2.05, 4.69) is 18.7 Å². The Morgan fingerprint density at radius 3 is 2.69 bits per heavy atom. The van der Waals surface area contributed by atoms with E-state index in [4.69, 9.17) is 5.73 Å². The number of rotatable bonds is 3. The molecule has 0 aromatic heterocycles. The molecule has 78 valence electrons. The predicted octanol–water partition coefficient (Wildman–Crippen LogP) is 0.570. The van der Waals surface area contributed by atoms with Gasteiger partial charge in [0.25, 0.3) is 0 Å². The summed E-state index contributed by atoms with van der Waals surface area (Å²) in [7, 11) is 0. The Balaban J connectivity index is 2.63. The number of likely N-dealkylation sites (tertiary alicyclic amines) is 1. The molecule has 1 aliphatic heterocycles. The normalized spacial score (nSPS) is 26.3. The highest BCUT2D eigenvalue weighted by molar-refractivity contribution is 4.89. The molecule has 0 aliphatic carbocycles. The van der Waals surface area contributed by atoms with Crippen molar-refractivity contribution in [1.82, 2.24) is 4.90 Å². The molecular weight excluding hydrogens is 164 g/mol. The molecule has 0 amide bonds. The number of hydrogen-bond donors (Lipinski definition) is 2. The summed E-state index contributed by atoms with van der Waals surface area (Å²) in [6.45, 7) is 6.31. The van der Waals surface area contributed by atoms with Crippen molar-refractivity contribution in [3.63, 3.8) is 0 Å². The van der Waals surface area contributed by atoms with Crippen molar-refractivity contribution in [2.45, 2.75) is 44.7 Å². The largest absolute Gasteiger partial charge is 0.395 e. The van der Waals surface area contributed by atoms with E-state index in [1.54, 1.807) is 0 Å². The van der Waals surface area contributed by atoms with Gasteiger partial charge in [0.2, 0.25) is 0 Å². The zero-order chi connectivity index (χ0) is 9.90. The van der Waals surface area contributed by atoms with E-state index in [0.717, 1.165) is 13.0 Å². The third kappa shape index (κ3) is 2.42. The molecule has 1 heterocycles. The van der Waals surface area contributed by atoms with Crippen molar-refractivity contribution in [3.8, 4) is 0 Å². The fourth-order valence-electron chi connectivity index (χ4n) is 2.10. The van der Waals surface area contributed by atoms with Gasteiger partial charge in [0, 0.05) is 18.1 Å². The number of aliphatic hydroxyl groups is 1. The molecule has 0 saturated carbocycles. The lowest BCUT2D eigenvalue weighted by atomic mass is 9.94. The first-order chi connectivity index (χ1) is 6.11. The van der Waals surface area contributed by atoms with Crippen molar-refractivity contribution in [2.75, 3.05) is 19.7 Å². The van der Waals surface area contributed by atoms with Crippen molar-refractivity contribution >= 4 is 0 Å². The third-order valence-electron chi connectivity index (χ3n) is 3.11. The maximum atomic E-state index is 9.24. The monoisotopic (exact) mass is 186 g/mol. The van der Waals surface area contributed by atoms with Crippen LogP contribution >= 0.6 is 0 Å². The molecule has 1 saturated heterocycles. The molecule has 0 spiro atoms. The van der Waals surface area contributed by atoms with Crippen molar-refractivity contribution < 1.29 is 5.11 Å². The average Bonchev–Trinajstić information content (AvgIpc) is 2.18. The average molecular weight is 186 g/mol. The van der Waals surface area contributed by atoms with E-state index in [1.165, 1.54) is 12.8 Å². The summed E-state index contributed by atoms with van der Waals surface area (Å²) in [6.07, 6.45) is 3.59. The van der Waals surface area contributed by atoms with Crippen LogP contribution in [-0.2, 0) is 0 Å². The second-order valence-electron chi connectivity index (χ2n) is 4.54. The lowest BCUT2D eigenvalue weighted by Crippen LogP contribution is -2.56. The van der Waals surface area contributed by atoms with Crippen LogP contribution in [0, 0.1) is 0 Å². The van der Waals surface area contributed by atoms with Crippen LogP contribution in [0.2, 0.25) is 0 Å². The SMILES string of the molecule is CC(C)(CN)N1CCCCC1CO. The lowest BCUT2D eigenvalue weighted by molar-refractivity contribution is 0.0155. The summed E-state index contributed by atoms with van der Waals surface area (Å²) in [4.78, 5) is 2.36. The number of nitrogens with zero attached hydrogens (tertiary/aromatic N) is 1. The minimum atomic E-state index is 0.0355. The maximum absolute atomic E-state index is 9.24. The van der Waals surface area contributed by atoms with E-state index in [1.807, 2.05) is 0 Å². The smallest absolute Gasteiger partial charge is 0.0587 e. The first-order valence-corrected chi connectivity index (χ1v) is 5.19. The van der Waals surface area contributed by atoms with Crippen molar-refractivity contribution in [2.24, 2.45) is 5.73 Å². The van der Waals surface area contributed by atoms with Gasteiger partial charge in [-0.1, -0.05) is 6.42 Å². The van der Waals surface area contributed by atoms with E-state index in [0.29, 0.717) is 12.6 Å². The summed E-state index contributed by atoms with van der Waals surface area (Å²) >= 11 is 0. The van der Waals surface area contributed by atoms with Crippen molar-refractivity contribution in [1.29, 1.82) is 0 Å². The lowest BCUT2D eigenvalue weighted by Gasteiger charge is -2.45. The topological polar surface area (TPSA) is 49.5 Å². The molecule has 0 bridgehead atoms. The van der Waals surface area contributed by atoms with Crippen LogP contribution in [0.15, 0.2) is 0 Å². The van der Waals surface area contributed by atoms with Crippen LogP contribution in [-0.4, -0.2) is 41.3 Å². The third-order valence-corrected chi connectivity index (χ3v) is 3.11. The summed E-state index contributed by atoms with van der Waals surface area (Å²) in [5, 5.41) is 9.24. The molecule has 1 rings (SSSR count). The van der Waals surface area contributed by atoms with Gasteiger partial charge < -0.3 is 10.8 Å². The molecule has 0 aromatic carbocycles. The quantitative estimate of drug-likeness (QED) is 0.677. The molecule has 1 atom stereocenters. The van der Waals surface area contributed by atoms with Gasteiger partial charge in [0.15, 0.2) is 0 Å². The van der Waals surface area contributed by atoms with Gasteiger partial charge in [-0.15, -0.1) is 0 Å². The molecule has 13 heavy (non-hydrogen) atoms. The van der Waals surface area contributed by atoms with Crippen LogP contribution in [0.4, 0.5) is 0 Å². The molecule has 1 unspecified atom stereocenters. The molecule has 3 N–H and O–H groups in total. The fraction of sp³-hybridized carbons (Fsp3) is 1.00. The van der Waals surface area contributed by atoms with Gasteiger partial charge in [-0.3, -0.25) is 4.90 Å². The summed E-state index contributed by atoms with van der Waals surface area (Å²) in [5.41, 5.74) is 5.77. The zero-order valence-corrected chi connectivity index (χ0v) is 8.79. The number of piperidine rings is 1. The standard InChI is InChI=1S/C10H22N2O/c1-10(2,8-11)12-6-4-3-5-9(12)7-13/h9,13H,3-8,11H2,1-2H3. The minimum absolute atomic E-state index is 0.0355. The van der Waals surface area contributed by atoms with Crippen LogP contribution in [0.3, 0.4) is 0 Å². The van der Waals surface area contributed by atoms with Crippen LogP contribution in [0.5, 0.6) is 0 Å². The van der Waals surface area contributed by atoms with Crippen LogP contribution in [0.1, 0.15) is 33.1 Å². The Hall–Kier alpha value is -0.120. The highest BCUT2D eigenvalue weighted by atomic mass is 16.3. The molecule has 0 radical (unpaired) electrons. The molecular formula is C10H22N2O. The Morgan fingerprint density at radius 2 is 2.15 bits per heavy atom. The van der Waals surface area contributed by atoms with Gasteiger partial charge in [-0.25, -0.2) is 0 Å². The Kier molecular flexibility index (Phi) is 3.71. The minimum Gasteiger partial charge on any atom is -0.395 e. The highest BCUT2D eigenvalue weighted by Gasteiger charge is 2.32. The maximum Gasteiger partial charge on any atom is 0.0587 e. The second-order valence-corrected chi connectivity index (χ2v) is 4.54. The first-order valence-electron chi connectivity index (χ1n) is 5.19. The number of nitrogens with two attached hydrogens (primary N) is 1. The van der Waals surface area contributed by atoms with Gasteiger partial charge in [0.05, 0.1) is 6.61 Å². The predicted molar refractivity (Wildman–Crippen MR) is 54.6 cm³/mol. The molecule has 0 aromatic rings.